The summed E-state index contributed by atoms with van der Waals surface area (Å²) >= 11 is 0. The molecule has 7 nitrogen and oxygen atoms in total. The molecule has 2 aliphatic rings. The Morgan fingerprint density at radius 3 is 2.77 bits per heavy atom. The predicted molar refractivity (Wildman–Crippen MR) is 102 cm³/mol. The van der Waals surface area contributed by atoms with E-state index in [-0.39, 0.29) is 5.95 Å². The Labute approximate surface area is 153 Å². The standard InChI is InChI=1S/C19H27N5O2/c20-18-17-15(22-19(21)23-18)4-1-5-16(17)26-12-13-6-8-24(9-7-13)11-14-3-2-10-25-14/h1,4-5,13-14H,2-3,6-12H2,(H4,20,21,22,23). The van der Waals surface area contributed by atoms with E-state index in [9.17, 15) is 0 Å². The third kappa shape index (κ3) is 3.83. The van der Waals surface area contributed by atoms with Crippen molar-refractivity contribution in [3.8, 4) is 5.75 Å². The van der Waals surface area contributed by atoms with Crippen LogP contribution in [0.3, 0.4) is 0 Å². The fourth-order valence-corrected chi connectivity index (χ4v) is 3.94. The lowest BCUT2D eigenvalue weighted by atomic mass is 9.97. The zero-order valence-electron chi connectivity index (χ0n) is 15.1. The fourth-order valence-electron chi connectivity index (χ4n) is 3.94. The lowest BCUT2D eigenvalue weighted by molar-refractivity contribution is 0.0549. The second-order valence-corrected chi connectivity index (χ2v) is 7.31. The molecule has 1 aromatic carbocycles. The van der Waals surface area contributed by atoms with Gasteiger partial charge in [0.25, 0.3) is 0 Å². The number of hydrogen-bond donors (Lipinski definition) is 2. The summed E-state index contributed by atoms with van der Waals surface area (Å²) in [6, 6.07) is 5.71. The summed E-state index contributed by atoms with van der Waals surface area (Å²) in [5, 5.41) is 0.748. The Morgan fingerprint density at radius 1 is 1.15 bits per heavy atom. The summed E-state index contributed by atoms with van der Waals surface area (Å²) in [6.07, 6.45) is 5.15. The molecule has 0 spiro atoms. The number of likely N-dealkylation sites (tertiary alicyclic amines) is 1. The van der Waals surface area contributed by atoms with E-state index in [0.29, 0.717) is 24.4 Å². The van der Waals surface area contributed by atoms with Crippen molar-refractivity contribution in [2.24, 2.45) is 5.92 Å². The van der Waals surface area contributed by atoms with Gasteiger partial charge in [0.15, 0.2) is 0 Å². The Morgan fingerprint density at radius 2 is 2.00 bits per heavy atom. The first-order chi connectivity index (χ1) is 12.7. The molecule has 4 rings (SSSR count). The molecule has 0 bridgehead atoms. The van der Waals surface area contributed by atoms with Crippen LogP contribution in [0, 0.1) is 5.92 Å². The van der Waals surface area contributed by atoms with Crippen LogP contribution in [0.25, 0.3) is 10.9 Å². The van der Waals surface area contributed by atoms with E-state index >= 15 is 0 Å². The smallest absolute Gasteiger partial charge is 0.222 e. The van der Waals surface area contributed by atoms with Gasteiger partial charge in [0, 0.05) is 13.2 Å². The maximum atomic E-state index is 6.10. The van der Waals surface area contributed by atoms with E-state index in [4.69, 9.17) is 20.9 Å². The summed E-state index contributed by atoms with van der Waals surface area (Å²) in [5.41, 5.74) is 12.4. The van der Waals surface area contributed by atoms with Crippen LogP contribution in [0.2, 0.25) is 0 Å². The van der Waals surface area contributed by atoms with E-state index in [2.05, 4.69) is 14.9 Å². The molecule has 1 atom stereocenters. The molecule has 4 N–H and O–H groups in total. The minimum Gasteiger partial charge on any atom is -0.492 e. The average molecular weight is 357 g/mol. The van der Waals surface area contributed by atoms with E-state index in [0.717, 1.165) is 55.7 Å². The lowest BCUT2D eigenvalue weighted by Gasteiger charge is -2.33. The number of nitrogens with two attached hydrogens (primary N) is 2. The molecule has 140 valence electrons. The van der Waals surface area contributed by atoms with Crippen LogP contribution < -0.4 is 16.2 Å². The summed E-state index contributed by atoms with van der Waals surface area (Å²) < 4.78 is 11.9. The van der Waals surface area contributed by atoms with Gasteiger partial charge in [-0.05, 0) is 56.8 Å². The number of aromatic nitrogens is 2. The molecular formula is C19H27N5O2. The van der Waals surface area contributed by atoms with Crippen LogP contribution >= 0.6 is 0 Å². The molecule has 3 heterocycles. The highest BCUT2D eigenvalue weighted by molar-refractivity contribution is 5.94. The van der Waals surface area contributed by atoms with Crippen molar-refractivity contribution < 1.29 is 9.47 Å². The zero-order valence-corrected chi connectivity index (χ0v) is 15.1. The average Bonchev–Trinajstić information content (AvgIpc) is 3.13. The van der Waals surface area contributed by atoms with Crippen LogP contribution in [-0.4, -0.2) is 53.8 Å². The SMILES string of the molecule is Nc1nc(N)c2c(OCC3CCN(CC4CCCO4)CC3)cccc2n1. The molecule has 1 aromatic heterocycles. The molecule has 26 heavy (non-hydrogen) atoms. The first kappa shape index (κ1) is 17.3. The number of piperidine rings is 1. The van der Waals surface area contributed by atoms with Crippen LogP contribution in [0.4, 0.5) is 11.8 Å². The van der Waals surface area contributed by atoms with Crippen molar-refractivity contribution >= 4 is 22.7 Å². The van der Waals surface area contributed by atoms with Gasteiger partial charge >= 0.3 is 0 Å². The molecule has 2 aromatic rings. The van der Waals surface area contributed by atoms with Gasteiger partial charge in [0.2, 0.25) is 5.95 Å². The van der Waals surface area contributed by atoms with Crippen LogP contribution in [0.1, 0.15) is 25.7 Å². The van der Waals surface area contributed by atoms with Crippen molar-refractivity contribution in [2.75, 3.05) is 44.3 Å². The van der Waals surface area contributed by atoms with Gasteiger partial charge in [-0.15, -0.1) is 0 Å². The fraction of sp³-hybridized carbons (Fsp3) is 0.579. The summed E-state index contributed by atoms with van der Waals surface area (Å²) in [4.78, 5) is 10.8. The zero-order chi connectivity index (χ0) is 17.9. The van der Waals surface area contributed by atoms with Gasteiger partial charge in [-0.1, -0.05) is 6.07 Å². The number of fused-ring (bicyclic) bond motifs is 1. The van der Waals surface area contributed by atoms with Gasteiger partial charge in [-0.2, -0.15) is 4.98 Å². The highest BCUT2D eigenvalue weighted by Crippen LogP contribution is 2.30. The first-order valence-corrected chi connectivity index (χ1v) is 9.47. The molecular weight excluding hydrogens is 330 g/mol. The lowest BCUT2D eigenvalue weighted by Crippen LogP contribution is -2.39. The first-order valence-electron chi connectivity index (χ1n) is 9.47. The molecule has 2 fully saturated rings. The van der Waals surface area contributed by atoms with Gasteiger partial charge in [0.05, 0.1) is 23.6 Å². The molecule has 2 saturated heterocycles. The number of nitrogen functional groups attached to an aromatic ring is 2. The Bertz CT molecular complexity index is 755. The molecule has 0 aliphatic carbocycles. The van der Waals surface area contributed by atoms with E-state index in [1.165, 1.54) is 12.8 Å². The number of benzene rings is 1. The number of nitrogens with zero attached hydrogens (tertiary/aromatic N) is 3. The van der Waals surface area contributed by atoms with Gasteiger partial charge < -0.3 is 25.8 Å². The maximum absolute atomic E-state index is 6.10. The Balaban J connectivity index is 1.33. The third-order valence-electron chi connectivity index (χ3n) is 5.40. The number of ether oxygens (including phenoxy) is 2. The predicted octanol–water partition coefficient (Wildman–Crippen LogP) is 2.06. The van der Waals surface area contributed by atoms with E-state index in [1.54, 1.807) is 0 Å². The van der Waals surface area contributed by atoms with E-state index < -0.39 is 0 Å². The highest BCUT2D eigenvalue weighted by atomic mass is 16.5. The third-order valence-corrected chi connectivity index (χ3v) is 5.40. The molecule has 0 saturated carbocycles. The molecule has 7 heteroatoms. The van der Waals surface area contributed by atoms with Crippen LogP contribution in [-0.2, 0) is 4.74 Å². The van der Waals surface area contributed by atoms with Gasteiger partial charge in [0.1, 0.15) is 11.6 Å². The number of anilines is 2. The topological polar surface area (TPSA) is 99.5 Å². The minimum absolute atomic E-state index is 0.186. The van der Waals surface area contributed by atoms with Crippen molar-refractivity contribution in [3.05, 3.63) is 18.2 Å². The van der Waals surface area contributed by atoms with E-state index in [1.807, 2.05) is 18.2 Å². The minimum atomic E-state index is 0.186. The van der Waals surface area contributed by atoms with Gasteiger partial charge in [-0.25, -0.2) is 4.98 Å². The number of rotatable bonds is 5. The van der Waals surface area contributed by atoms with Crippen LogP contribution in [0.5, 0.6) is 5.75 Å². The summed E-state index contributed by atoms with van der Waals surface area (Å²) in [6.45, 7) is 4.93. The second kappa shape index (κ2) is 7.63. The largest absolute Gasteiger partial charge is 0.492 e. The van der Waals surface area contributed by atoms with Crippen molar-refractivity contribution in [1.82, 2.24) is 14.9 Å². The quantitative estimate of drug-likeness (QED) is 0.845. The molecule has 2 aliphatic heterocycles. The molecule has 0 amide bonds. The summed E-state index contributed by atoms with van der Waals surface area (Å²) in [7, 11) is 0. The Kier molecular flexibility index (Phi) is 5.08. The highest BCUT2D eigenvalue weighted by Gasteiger charge is 2.24. The van der Waals surface area contributed by atoms with Crippen LogP contribution in [0.15, 0.2) is 18.2 Å². The monoisotopic (exact) mass is 357 g/mol. The Hall–Kier alpha value is -2.12. The van der Waals surface area contributed by atoms with Crippen molar-refractivity contribution in [2.45, 2.75) is 31.8 Å². The maximum Gasteiger partial charge on any atom is 0.222 e. The van der Waals surface area contributed by atoms with Crippen molar-refractivity contribution in [1.29, 1.82) is 0 Å². The second-order valence-electron chi connectivity index (χ2n) is 7.31. The summed E-state index contributed by atoms with van der Waals surface area (Å²) in [5.74, 6) is 1.85. The number of hydrogen-bond acceptors (Lipinski definition) is 7. The molecule has 0 radical (unpaired) electrons. The molecule has 1 unspecified atom stereocenters. The van der Waals surface area contributed by atoms with Gasteiger partial charge in [-0.3, -0.25) is 0 Å². The van der Waals surface area contributed by atoms with Crippen molar-refractivity contribution in [3.63, 3.8) is 0 Å². The normalized spacial score (nSPS) is 22.1.